The minimum atomic E-state index is -3.00. The van der Waals surface area contributed by atoms with Crippen LogP contribution in [0.4, 0.5) is 5.69 Å². The van der Waals surface area contributed by atoms with Crippen LogP contribution in [-0.2, 0) is 9.84 Å². The first-order valence-corrected chi connectivity index (χ1v) is 11.0. The zero-order chi connectivity index (χ0) is 18.5. The second-order valence-corrected chi connectivity index (χ2v) is 11.0. The fraction of sp³-hybridized carbons (Fsp3) is 0.700. The maximum Gasteiger partial charge on any atom is 0.155 e. The van der Waals surface area contributed by atoms with Crippen molar-refractivity contribution in [3.63, 3.8) is 0 Å². The number of rotatable bonds is 7. The molecule has 0 radical (unpaired) electrons. The normalized spacial score (nSPS) is 21.8. The standard InChI is InChI=1S/C20H33NO3S/c1-20(2,3)25(22,23)15-17-7-5-16(6-8-17)13-14-21-18-9-11-19(24-4)12-10-18/h9-12,16-17,21H,5-8,13-15H2,1-4H3. The highest BCUT2D eigenvalue weighted by Gasteiger charge is 2.33. The Kier molecular flexibility index (Phi) is 6.78. The predicted octanol–water partition coefficient (Wildman–Crippen LogP) is 4.52. The third-order valence-corrected chi connectivity index (χ3v) is 8.10. The highest BCUT2D eigenvalue weighted by Crippen LogP contribution is 2.33. The number of hydrogen-bond donors (Lipinski definition) is 1. The van der Waals surface area contributed by atoms with E-state index < -0.39 is 14.6 Å². The van der Waals surface area contributed by atoms with E-state index in [0.717, 1.165) is 50.1 Å². The molecule has 4 nitrogen and oxygen atoms in total. The summed E-state index contributed by atoms with van der Waals surface area (Å²) in [6.07, 6.45) is 5.53. The Morgan fingerprint density at radius 2 is 1.60 bits per heavy atom. The molecule has 0 aromatic heterocycles. The van der Waals surface area contributed by atoms with Gasteiger partial charge in [-0.1, -0.05) is 12.8 Å². The summed E-state index contributed by atoms with van der Waals surface area (Å²) in [6.45, 7) is 6.37. The lowest BCUT2D eigenvalue weighted by Gasteiger charge is -2.30. The van der Waals surface area contributed by atoms with Gasteiger partial charge < -0.3 is 10.1 Å². The fourth-order valence-electron chi connectivity index (χ4n) is 3.38. The monoisotopic (exact) mass is 367 g/mol. The van der Waals surface area contributed by atoms with Gasteiger partial charge in [0.2, 0.25) is 0 Å². The molecule has 0 spiro atoms. The Labute approximate surface area is 153 Å². The van der Waals surface area contributed by atoms with Gasteiger partial charge in [0.25, 0.3) is 0 Å². The number of anilines is 1. The number of ether oxygens (including phenoxy) is 1. The molecule has 0 heterocycles. The van der Waals surface area contributed by atoms with Crippen molar-refractivity contribution in [1.82, 2.24) is 0 Å². The molecule has 1 fully saturated rings. The van der Waals surface area contributed by atoms with Crippen molar-refractivity contribution >= 4 is 15.5 Å². The molecule has 0 unspecified atom stereocenters. The molecule has 1 aromatic carbocycles. The van der Waals surface area contributed by atoms with Crippen LogP contribution in [0.1, 0.15) is 52.9 Å². The van der Waals surface area contributed by atoms with E-state index >= 15 is 0 Å². The van der Waals surface area contributed by atoms with Crippen LogP contribution in [0.2, 0.25) is 0 Å². The van der Waals surface area contributed by atoms with Crippen LogP contribution in [-0.4, -0.2) is 32.6 Å². The summed E-state index contributed by atoms with van der Waals surface area (Å²) in [4.78, 5) is 0. The second kappa shape index (κ2) is 8.43. The topological polar surface area (TPSA) is 55.4 Å². The minimum absolute atomic E-state index is 0.343. The Balaban J connectivity index is 1.70. The maximum atomic E-state index is 12.4. The van der Waals surface area contributed by atoms with Crippen molar-refractivity contribution in [2.24, 2.45) is 11.8 Å². The first-order valence-electron chi connectivity index (χ1n) is 9.31. The Hall–Kier alpha value is -1.23. The van der Waals surface area contributed by atoms with Crippen molar-refractivity contribution in [2.45, 2.75) is 57.6 Å². The van der Waals surface area contributed by atoms with Crippen molar-refractivity contribution in [3.05, 3.63) is 24.3 Å². The minimum Gasteiger partial charge on any atom is -0.497 e. The Morgan fingerprint density at radius 1 is 1.04 bits per heavy atom. The number of benzene rings is 1. The molecule has 1 N–H and O–H groups in total. The molecule has 1 saturated carbocycles. The molecule has 1 aromatic rings. The smallest absolute Gasteiger partial charge is 0.155 e. The van der Waals surface area contributed by atoms with Crippen LogP contribution in [0, 0.1) is 11.8 Å². The van der Waals surface area contributed by atoms with Gasteiger partial charge in [0.05, 0.1) is 17.6 Å². The number of methoxy groups -OCH3 is 1. The average Bonchev–Trinajstić information content (AvgIpc) is 2.56. The van der Waals surface area contributed by atoms with Crippen LogP contribution < -0.4 is 10.1 Å². The molecule has 25 heavy (non-hydrogen) atoms. The van der Waals surface area contributed by atoms with Crippen LogP contribution in [0.3, 0.4) is 0 Å². The van der Waals surface area contributed by atoms with Crippen molar-refractivity contribution < 1.29 is 13.2 Å². The summed E-state index contributed by atoms with van der Waals surface area (Å²) in [7, 11) is -1.32. The third-order valence-electron chi connectivity index (χ3n) is 5.33. The second-order valence-electron chi connectivity index (χ2n) is 8.22. The third kappa shape index (κ3) is 5.91. The SMILES string of the molecule is COc1ccc(NCCC2CCC(CS(=O)(=O)C(C)(C)C)CC2)cc1. The van der Waals surface area contributed by atoms with Gasteiger partial charge in [-0.15, -0.1) is 0 Å². The number of nitrogens with one attached hydrogen (secondary N) is 1. The van der Waals surface area contributed by atoms with E-state index in [-0.39, 0.29) is 0 Å². The summed E-state index contributed by atoms with van der Waals surface area (Å²) in [5, 5.41) is 3.46. The van der Waals surface area contributed by atoms with Crippen molar-refractivity contribution in [1.29, 1.82) is 0 Å². The van der Waals surface area contributed by atoms with Crippen LogP contribution in [0.5, 0.6) is 5.75 Å². The summed E-state index contributed by atoms with van der Waals surface area (Å²) >= 11 is 0. The lowest BCUT2D eigenvalue weighted by molar-refractivity contribution is 0.282. The highest BCUT2D eigenvalue weighted by atomic mass is 32.2. The first-order chi connectivity index (χ1) is 11.7. The molecule has 0 atom stereocenters. The molecule has 1 aliphatic carbocycles. The van der Waals surface area contributed by atoms with Gasteiger partial charge in [0.1, 0.15) is 5.75 Å². The lowest BCUT2D eigenvalue weighted by atomic mass is 9.81. The molecule has 0 aliphatic heterocycles. The lowest BCUT2D eigenvalue weighted by Crippen LogP contribution is -2.34. The van der Waals surface area contributed by atoms with Crippen LogP contribution >= 0.6 is 0 Å². The Morgan fingerprint density at radius 3 is 2.12 bits per heavy atom. The molecule has 0 saturated heterocycles. The molecule has 2 rings (SSSR count). The number of sulfone groups is 1. The van der Waals surface area contributed by atoms with Gasteiger partial charge in [0, 0.05) is 12.2 Å². The van der Waals surface area contributed by atoms with E-state index in [1.165, 1.54) is 0 Å². The summed E-state index contributed by atoms with van der Waals surface area (Å²) in [5.41, 5.74) is 1.12. The molecule has 1 aliphatic rings. The molecular weight excluding hydrogens is 334 g/mol. The van der Waals surface area contributed by atoms with E-state index in [1.54, 1.807) is 27.9 Å². The van der Waals surface area contributed by atoms with E-state index in [0.29, 0.717) is 17.6 Å². The fourth-order valence-corrected chi connectivity index (χ4v) is 4.83. The first kappa shape index (κ1) is 20.1. The molecule has 142 valence electrons. The van der Waals surface area contributed by atoms with Gasteiger partial charge >= 0.3 is 0 Å². The maximum absolute atomic E-state index is 12.4. The van der Waals surface area contributed by atoms with E-state index in [4.69, 9.17) is 4.74 Å². The van der Waals surface area contributed by atoms with E-state index in [2.05, 4.69) is 5.32 Å². The zero-order valence-corrected chi connectivity index (χ0v) is 16.9. The summed E-state index contributed by atoms with van der Waals surface area (Å²) < 4.78 is 29.2. The Bertz CT molecular complexity index is 624. The van der Waals surface area contributed by atoms with Gasteiger partial charge in [-0.05, 0) is 76.1 Å². The number of hydrogen-bond acceptors (Lipinski definition) is 4. The molecule has 0 bridgehead atoms. The predicted molar refractivity (Wildman–Crippen MR) is 105 cm³/mol. The largest absolute Gasteiger partial charge is 0.497 e. The van der Waals surface area contributed by atoms with E-state index in [9.17, 15) is 8.42 Å². The van der Waals surface area contributed by atoms with Gasteiger partial charge in [-0.2, -0.15) is 0 Å². The van der Waals surface area contributed by atoms with Crippen molar-refractivity contribution in [2.75, 3.05) is 24.7 Å². The molecule has 0 amide bonds. The van der Waals surface area contributed by atoms with Gasteiger partial charge in [0.15, 0.2) is 9.84 Å². The van der Waals surface area contributed by atoms with Crippen LogP contribution in [0.25, 0.3) is 0 Å². The molecular formula is C20H33NO3S. The zero-order valence-electron chi connectivity index (χ0n) is 16.0. The van der Waals surface area contributed by atoms with Gasteiger partial charge in [-0.25, -0.2) is 8.42 Å². The average molecular weight is 368 g/mol. The van der Waals surface area contributed by atoms with Gasteiger partial charge in [-0.3, -0.25) is 0 Å². The summed E-state index contributed by atoms with van der Waals surface area (Å²) in [6, 6.07) is 7.99. The van der Waals surface area contributed by atoms with E-state index in [1.807, 2.05) is 24.3 Å². The quantitative estimate of drug-likeness (QED) is 0.770. The highest BCUT2D eigenvalue weighted by molar-refractivity contribution is 7.92. The summed E-state index contributed by atoms with van der Waals surface area (Å²) in [5.74, 6) is 2.27. The van der Waals surface area contributed by atoms with Crippen LogP contribution in [0.15, 0.2) is 24.3 Å². The molecule has 5 heteroatoms. The van der Waals surface area contributed by atoms with Crippen molar-refractivity contribution in [3.8, 4) is 5.75 Å².